The minimum absolute atomic E-state index is 0.125. The first-order chi connectivity index (χ1) is 9.90. The fourth-order valence-electron chi connectivity index (χ4n) is 1.68. The molecule has 0 bridgehead atoms. The second-order valence-corrected chi connectivity index (χ2v) is 5.24. The number of hydrogen-bond donors (Lipinski definition) is 1. The van der Waals surface area contributed by atoms with Crippen molar-refractivity contribution in [3.8, 4) is 0 Å². The molecule has 2 N–H and O–H groups in total. The van der Waals surface area contributed by atoms with Gasteiger partial charge in [-0.3, -0.25) is 0 Å². The van der Waals surface area contributed by atoms with Crippen molar-refractivity contribution in [2.24, 2.45) is 0 Å². The summed E-state index contributed by atoms with van der Waals surface area (Å²) >= 11 is 3.18. The van der Waals surface area contributed by atoms with Crippen LogP contribution in [0.2, 0.25) is 0 Å². The Morgan fingerprint density at radius 3 is 2.48 bits per heavy atom. The number of carbonyl (C=O) groups is 1. The number of alkyl halides is 2. The highest BCUT2D eigenvalue weighted by Crippen LogP contribution is 2.28. The quantitative estimate of drug-likeness (QED) is 0.666. The molecule has 0 aliphatic rings. The van der Waals surface area contributed by atoms with Gasteiger partial charge in [0.25, 0.3) is 0 Å². The van der Waals surface area contributed by atoms with Crippen LogP contribution in [0.5, 0.6) is 0 Å². The topological polar surface area (TPSA) is 52.3 Å². The number of carbonyl (C=O) groups excluding carboxylic acids is 1. The summed E-state index contributed by atoms with van der Waals surface area (Å²) in [6.45, 7) is -1.02. The van der Waals surface area contributed by atoms with Gasteiger partial charge in [-0.2, -0.15) is 8.78 Å². The van der Waals surface area contributed by atoms with E-state index in [9.17, 15) is 13.6 Å². The molecule has 6 heteroatoms. The summed E-state index contributed by atoms with van der Waals surface area (Å²) in [5.41, 5.74) is 5.89. The lowest BCUT2D eigenvalue weighted by molar-refractivity contribution is -0.0661. The van der Waals surface area contributed by atoms with Gasteiger partial charge >= 0.3 is 11.9 Å². The first-order valence-corrected chi connectivity index (χ1v) is 6.85. The second kappa shape index (κ2) is 6.22. The molecule has 0 fully saturated rings. The molecule has 110 valence electrons. The summed E-state index contributed by atoms with van der Waals surface area (Å²) in [5, 5.41) is 0. The fourth-order valence-corrected chi connectivity index (χ4v) is 1.92. The van der Waals surface area contributed by atoms with Crippen LogP contribution in [0, 0.1) is 0 Å². The molecule has 0 aromatic heterocycles. The molecule has 0 atom stereocenters. The van der Waals surface area contributed by atoms with Crippen LogP contribution < -0.4 is 5.73 Å². The number of nitrogen functional groups attached to an aromatic ring is 1. The number of halogens is 3. The van der Waals surface area contributed by atoms with E-state index in [0.29, 0.717) is 10.2 Å². The van der Waals surface area contributed by atoms with Gasteiger partial charge in [-0.1, -0.05) is 30.3 Å². The van der Waals surface area contributed by atoms with E-state index in [-0.39, 0.29) is 11.1 Å². The van der Waals surface area contributed by atoms with E-state index in [1.165, 1.54) is 36.4 Å². The molecule has 21 heavy (non-hydrogen) atoms. The normalized spacial score (nSPS) is 11.2. The Morgan fingerprint density at radius 1 is 1.19 bits per heavy atom. The molecule has 0 radical (unpaired) electrons. The van der Waals surface area contributed by atoms with Crippen LogP contribution >= 0.6 is 15.9 Å². The summed E-state index contributed by atoms with van der Waals surface area (Å²) in [6, 6.07) is 11.6. The Hall–Kier alpha value is -1.95. The van der Waals surface area contributed by atoms with Gasteiger partial charge in [0.15, 0.2) is 6.61 Å². The zero-order valence-corrected chi connectivity index (χ0v) is 12.4. The van der Waals surface area contributed by atoms with E-state index >= 15 is 0 Å². The number of esters is 1. The summed E-state index contributed by atoms with van der Waals surface area (Å²) in [5.74, 6) is -4.08. The van der Waals surface area contributed by atoms with Crippen molar-refractivity contribution in [2.45, 2.75) is 5.92 Å². The lowest BCUT2D eigenvalue weighted by atomic mass is 10.1. The van der Waals surface area contributed by atoms with E-state index < -0.39 is 18.5 Å². The maximum absolute atomic E-state index is 13.9. The van der Waals surface area contributed by atoms with Gasteiger partial charge in [0.2, 0.25) is 0 Å². The fraction of sp³-hybridized carbons (Fsp3) is 0.133. The maximum atomic E-state index is 13.9. The molecule has 0 saturated carbocycles. The van der Waals surface area contributed by atoms with E-state index in [1.54, 1.807) is 12.1 Å². The van der Waals surface area contributed by atoms with Crippen LogP contribution in [0.25, 0.3) is 0 Å². The minimum Gasteiger partial charge on any atom is -0.455 e. The molecular formula is C15H12BrF2NO2. The van der Waals surface area contributed by atoms with Crippen molar-refractivity contribution in [3.63, 3.8) is 0 Å². The van der Waals surface area contributed by atoms with Crippen molar-refractivity contribution in [2.75, 3.05) is 12.3 Å². The number of anilines is 1. The second-order valence-electron chi connectivity index (χ2n) is 4.38. The predicted molar refractivity (Wildman–Crippen MR) is 79.2 cm³/mol. The molecule has 2 aromatic carbocycles. The van der Waals surface area contributed by atoms with Crippen molar-refractivity contribution < 1.29 is 18.3 Å². The molecule has 0 aliphatic heterocycles. The lowest BCUT2D eigenvalue weighted by Crippen LogP contribution is -2.23. The molecule has 0 unspecified atom stereocenters. The third-order valence-corrected chi connectivity index (χ3v) is 3.53. The Bertz CT molecular complexity index is 647. The van der Waals surface area contributed by atoms with Gasteiger partial charge in [-0.15, -0.1) is 0 Å². The molecule has 2 rings (SSSR count). The first kappa shape index (κ1) is 15.4. The smallest absolute Gasteiger partial charge is 0.338 e. The lowest BCUT2D eigenvalue weighted by Gasteiger charge is -2.16. The Kier molecular flexibility index (Phi) is 4.57. The van der Waals surface area contributed by atoms with E-state index in [1.807, 2.05) is 0 Å². The Balaban J connectivity index is 2.05. The van der Waals surface area contributed by atoms with E-state index in [0.717, 1.165) is 0 Å². The summed E-state index contributed by atoms with van der Waals surface area (Å²) in [7, 11) is 0. The molecule has 0 heterocycles. The predicted octanol–water partition coefficient (Wildman–Crippen LogP) is 3.98. The number of nitrogens with two attached hydrogens (primary N) is 1. The van der Waals surface area contributed by atoms with Gasteiger partial charge in [0.1, 0.15) is 0 Å². The van der Waals surface area contributed by atoms with Crippen LogP contribution in [0.15, 0.2) is 53.0 Å². The largest absolute Gasteiger partial charge is 0.455 e. The van der Waals surface area contributed by atoms with E-state index in [4.69, 9.17) is 5.73 Å². The number of ether oxygens (including phenoxy) is 1. The van der Waals surface area contributed by atoms with Crippen LogP contribution in [-0.4, -0.2) is 12.6 Å². The summed E-state index contributed by atoms with van der Waals surface area (Å²) < 4.78 is 33.0. The van der Waals surface area contributed by atoms with Crippen molar-refractivity contribution in [3.05, 3.63) is 64.1 Å². The van der Waals surface area contributed by atoms with Gasteiger partial charge in [0.05, 0.1) is 5.56 Å². The van der Waals surface area contributed by atoms with Crippen LogP contribution in [0.1, 0.15) is 15.9 Å². The van der Waals surface area contributed by atoms with Crippen molar-refractivity contribution in [1.29, 1.82) is 0 Å². The molecule has 0 spiro atoms. The van der Waals surface area contributed by atoms with Gasteiger partial charge in [0, 0.05) is 15.7 Å². The number of rotatable bonds is 4. The zero-order valence-electron chi connectivity index (χ0n) is 10.9. The maximum Gasteiger partial charge on any atom is 0.338 e. The highest BCUT2D eigenvalue weighted by atomic mass is 79.9. The van der Waals surface area contributed by atoms with Crippen LogP contribution in [0.3, 0.4) is 0 Å². The average Bonchev–Trinajstić information content (AvgIpc) is 2.48. The van der Waals surface area contributed by atoms with Gasteiger partial charge in [-0.05, 0) is 34.1 Å². The molecule has 0 aliphatic carbocycles. The van der Waals surface area contributed by atoms with E-state index in [2.05, 4.69) is 20.7 Å². The Labute approximate surface area is 128 Å². The SMILES string of the molecule is Nc1cc(C(=O)OCC(F)(F)c2ccccc2)ccc1Br. The molecule has 3 nitrogen and oxygen atoms in total. The molecule has 0 amide bonds. The highest BCUT2D eigenvalue weighted by Gasteiger charge is 2.33. The highest BCUT2D eigenvalue weighted by molar-refractivity contribution is 9.10. The monoisotopic (exact) mass is 355 g/mol. The van der Waals surface area contributed by atoms with Crippen LogP contribution in [0.4, 0.5) is 14.5 Å². The number of benzene rings is 2. The Morgan fingerprint density at radius 2 is 1.86 bits per heavy atom. The first-order valence-electron chi connectivity index (χ1n) is 6.05. The molecule has 2 aromatic rings. The number of hydrogen-bond acceptors (Lipinski definition) is 3. The minimum atomic E-state index is -3.24. The van der Waals surface area contributed by atoms with Gasteiger partial charge < -0.3 is 10.5 Å². The summed E-state index contributed by atoms with van der Waals surface area (Å²) in [4.78, 5) is 11.8. The zero-order chi connectivity index (χ0) is 15.5. The summed E-state index contributed by atoms with van der Waals surface area (Å²) in [6.07, 6.45) is 0. The average molecular weight is 356 g/mol. The van der Waals surface area contributed by atoms with Crippen molar-refractivity contribution in [1.82, 2.24) is 0 Å². The third-order valence-electron chi connectivity index (χ3n) is 2.81. The van der Waals surface area contributed by atoms with Crippen molar-refractivity contribution >= 4 is 27.6 Å². The molecule has 0 saturated heterocycles. The molecular weight excluding hydrogens is 344 g/mol. The van der Waals surface area contributed by atoms with Crippen LogP contribution in [-0.2, 0) is 10.7 Å². The van der Waals surface area contributed by atoms with Gasteiger partial charge in [-0.25, -0.2) is 4.79 Å². The standard InChI is InChI=1S/C15H12BrF2NO2/c16-12-7-6-10(8-13(12)19)14(20)21-9-15(17,18)11-4-2-1-3-5-11/h1-8H,9,19H2. The third kappa shape index (κ3) is 3.78.